The van der Waals surface area contributed by atoms with Gasteiger partial charge in [-0.2, -0.15) is 6.20 Å². The zero-order valence-electron chi connectivity index (χ0n) is 7.97. The van der Waals surface area contributed by atoms with Gasteiger partial charge < -0.3 is 4.98 Å². The third-order valence-corrected chi connectivity index (χ3v) is 1.82. The first-order chi connectivity index (χ1) is 6.38. The van der Waals surface area contributed by atoms with Crippen molar-refractivity contribution in [2.45, 2.75) is 0 Å². The summed E-state index contributed by atoms with van der Waals surface area (Å²) >= 11 is 0. The SMILES string of the molecule is O=C(c1ccccc1)c1ccc[n-]1.[Na+]. The number of ketones is 1. The second kappa shape index (κ2) is 5.15. The molecule has 0 N–H and O–H groups in total. The van der Waals surface area contributed by atoms with E-state index in [1.807, 2.05) is 18.2 Å². The van der Waals surface area contributed by atoms with Crippen LogP contribution in [0.25, 0.3) is 0 Å². The molecule has 0 amide bonds. The van der Waals surface area contributed by atoms with Crippen LogP contribution in [-0.4, -0.2) is 5.78 Å². The Morgan fingerprint density at radius 1 is 1.00 bits per heavy atom. The third-order valence-electron chi connectivity index (χ3n) is 1.82. The van der Waals surface area contributed by atoms with E-state index in [0.717, 1.165) is 0 Å². The quantitative estimate of drug-likeness (QED) is 0.447. The first-order valence-electron chi connectivity index (χ1n) is 4.05. The summed E-state index contributed by atoms with van der Waals surface area (Å²) in [5, 5.41) is 0. The van der Waals surface area contributed by atoms with Crippen LogP contribution in [0.15, 0.2) is 48.7 Å². The minimum Gasteiger partial charge on any atom is -0.661 e. The Kier molecular flexibility index (Phi) is 4.14. The first-order valence-corrected chi connectivity index (χ1v) is 4.05. The van der Waals surface area contributed by atoms with E-state index >= 15 is 0 Å². The number of benzene rings is 1. The van der Waals surface area contributed by atoms with E-state index in [9.17, 15) is 4.79 Å². The molecule has 1 aromatic heterocycles. The zero-order valence-corrected chi connectivity index (χ0v) is 9.97. The van der Waals surface area contributed by atoms with Crippen LogP contribution in [0.2, 0.25) is 0 Å². The van der Waals surface area contributed by atoms with Gasteiger partial charge in [0.2, 0.25) is 0 Å². The van der Waals surface area contributed by atoms with Crippen LogP contribution in [0.5, 0.6) is 0 Å². The van der Waals surface area contributed by atoms with Crippen LogP contribution < -0.4 is 34.5 Å². The van der Waals surface area contributed by atoms with Gasteiger partial charge in [-0.25, -0.2) is 0 Å². The molecule has 0 aliphatic carbocycles. The predicted octanol–water partition coefficient (Wildman–Crippen LogP) is -1.12. The predicted molar refractivity (Wildman–Crippen MR) is 49.6 cm³/mol. The summed E-state index contributed by atoms with van der Waals surface area (Å²) in [4.78, 5) is 15.6. The third kappa shape index (κ3) is 2.35. The Balaban J connectivity index is 0.000000980. The summed E-state index contributed by atoms with van der Waals surface area (Å²) in [5.41, 5.74) is 1.19. The maximum atomic E-state index is 11.6. The molecular weight excluding hydrogens is 185 g/mol. The molecule has 0 bridgehead atoms. The molecule has 0 unspecified atom stereocenters. The largest absolute Gasteiger partial charge is 1.00 e. The molecule has 2 rings (SSSR count). The summed E-state index contributed by atoms with van der Waals surface area (Å²) in [6, 6.07) is 12.6. The smallest absolute Gasteiger partial charge is 0.661 e. The summed E-state index contributed by atoms with van der Waals surface area (Å²) in [6.07, 6.45) is 1.62. The minimum atomic E-state index is -0.0226. The topological polar surface area (TPSA) is 31.2 Å². The van der Waals surface area contributed by atoms with Crippen molar-refractivity contribution in [3.63, 3.8) is 0 Å². The minimum absolute atomic E-state index is 0. The van der Waals surface area contributed by atoms with Crippen molar-refractivity contribution >= 4 is 5.78 Å². The molecule has 0 radical (unpaired) electrons. The molecule has 0 aliphatic heterocycles. The van der Waals surface area contributed by atoms with Crippen LogP contribution in [-0.2, 0) is 0 Å². The van der Waals surface area contributed by atoms with Crippen LogP contribution in [0, 0.1) is 0 Å². The Hall–Kier alpha value is -0.830. The molecule has 2 nitrogen and oxygen atoms in total. The molecule has 0 saturated carbocycles. The monoisotopic (exact) mass is 193 g/mol. The Bertz CT molecular complexity index is 394. The van der Waals surface area contributed by atoms with Crippen LogP contribution >= 0.6 is 0 Å². The maximum Gasteiger partial charge on any atom is 1.00 e. The van der Waals surface area contributed by atoms with Gasteiger partial charge in [0.1, 0.15) is 0 Å². The molecule has 0 fully saturated rings. The Morgan fingerprint density at radius 3 is 2.29 bits per heavy atom. The van der Waals surface area contributed by atoms with Crippen molar-refractivity contribution in [1.82, 2.24) is 4.98 Å². The zero-order chi connectivity index (χ0) is 9.10. The van der Waals surface area contributed by atoms with Gasteiger partial charge in [0.25, 0.3) is 0 Å². The molecular formula is C11H8NNaO. The number of aromatic nitrogens is 1. The van der Waals surface area contributed by atoms with E-state index in [1.54, 1.807) is 30.5 Å². The molecule has 3 heteroatoms. The van der Waals surface area contributed by atoms with Gasteiger partial charge >= 0.3 is 29.6 Å². The van der Waals surface area contributed by atoms with E-state index in [2.05, 4.69) is 4.98 Å². The number of rotatable bonds is 2. The van der Waals surface area contributed by atoms with Crippen LogP contribution in [0.1, 0.15) is 16.1 Å². The fourth-order valence-corrected chi connectivity index (χ4v) is 1.17. The van der Waals surface area contributed by atoms with Crippen molar-refractivity contribution in [2.24, 2.45) is 0 Å². The summed E-state index contributed by atoms with van der Waals surface area (Å²) in [6.45, 7) is 0. The van der Waals surface area contributed by atoms with Crippen molar-refractivity contribution in [1.29, 1.82) is 0 Å². The molecule has 2 aromatic rings. The van der Waals surface area contributed by atoms with Gasteiger partial charge in [-0.15, -0.1) is 0 Å². The fraction of sp³-hybridized carbons (Fsp3) is 0. The Morgan fingerprint density at radius 2 is 1.71 bits per heavy atom. The maximum absolute atomic E-state index is 11.6. The van der Waals surface area contributed by atoms with E-state index < -0.39 is 0 Å². The molecule has 1 heterocycles. The van der Waals surface area contributed by atoms with Crippen molar-refractivity contribution in [3.05, 3.63) is 59.9 Å². The average Bonchev–Trinajstić information content (AvgIpc) is 2.71. The number of nitrogens with zero attached hydrogens (tertiary/aromatic N) is 1. The fourth-order valence-electron chi connectivity index (χ4n) is 1.17. The molecule has 0 saturated heterocycles. The Labute approximate surface area is 105 Å². The molecule has 1 aromatic carbocycles. The average molecular weight is 193 g/mol. The van der Waals surface area contributed by atoms with Gasteiger partial charge in [0.05, 0.1) is 0 Å². The number of carbonyl (C=O) groups is 1. The van der Waals surface area contributed by atoms with E-state index in [1.165, 1.54) is 0 Å². The second-order valence-electron chi connectivity index (χ2n) is 2.72. The number of hydrogen-bond donors (Lipinski definition) is 0. The van der Waals surface area contributed by atoms with E-state index in [-0.39, 0.29) is 35.3 Å². The summed E-state index contributed by atoms with van der Waals surface area (Å²) in [7, 11) is 0. The molecule has 0 aliphatic rings. The van der Waals surface area contributed by atoms with Gasteiger partial charge in [-0.05, 0) is 0 Å². The van der Waals surface area contributed by atoms with Crippen LogP contribution in [0.3, 0.4) is 0 Å². The van der Waals surface area contributed by atoms with E-state index in [4.69, 9.17) is 0 Å². The van der Waals surface area contributed by atoms with Crippen molar-refractivity contribution in [3.8, 4) is 0 Å². The van der Waals surface area contributed by atoms with Gasteiger partial charge in [-0.1, -0.05) is 48.2 Å². The normalized spacial score (nSPS) is 9.14. The molecule has 14 heavy (non-hydrogen) atoms. The van der Waals surface area contributed by atoms with Gasteiger partial charge in [-0.3, -0.25) is 4.79 Å². The van der Waals surface area contributed by atoms with Crippen molar-refractivity contribution in [2.75, 3.05) is 0 Å². The molecule has 0 atom stereocenters. The van der Waals surface area contributed by atoms with E-state index in [0.29, 0.717) is 11.3 Å². The standard InChI is InChI=1S/C11H9NO.Na/c13-11(10-7-4-8-12-10)9-5-2-1-3-6-9;/h1-8H,(H,12,13);/q;+1/p-1. The number of carbonyl (C=O) groups excluding carboxylic acids is 1. The summed E-state index contributed by atoms with van der Waals surface area (Å²) < 4.78 is 0. The second-order valence-corrected chi connectivity index (χ2v) is 2.72. The molecule has 0 spiro atoms. The van der Waals surface area contributed by atoms with Crippen molar-refractivity contribution < 1.29 is 34.4 Å². The molecule has 64 valence electrons. The number of hydrogen-bond acceptors (Lipinski definition) is 1. The van der Waals surface area contributed by atoms with Gasteiger partial charge in [0.15, 0.2) is 5.78 Å². The van der Waals surface area contributed by atoms with Gasteiger partial charge in [0, 0.05) is 5.56 Å². The summed E-state index contributed by atoms with van der Waals surface area (Å²) in [5.74, 6) is -0.0226. The van der Waals surface area contributed by atoms with Crippen LogP contribution in [0.4, 0.5) is 0 Å². The first kappa shape index (κ1) is 11.2.